The van der Waals surface area contributed by atoms with Crippen molar-refractivity contribution < 1.29 is 9.47 Å². The maximum absolute atomic E-state index is 5.85. The van der Waals surface area contributed by atoms with Crippen molar-refractivity contribution in [2.75, 3.05) is 12.3 Å². The monoisotopic (exact) mass is 249 g/mol. The molecule has 2 rings (SSSR count). The van der Waals surface area contributed by atoms with Crippen molar-refractivity contribution in [2.45, 2.75) is 20.4 Å². The first-order chi connectivity index (χ1) is 8.74. The molecule has 0 fully saturated rings. The van der Waals surface area contributed by atoms with Crippen LogP contribution >= 0.6 is 0 Å². The van der Waals surface area contributed by atoms with Crippen molar-refractivity contribution in [3.63, 3.8) is 0 Å². The van der Waals surface area contributed by atoms with Crippen LogP contribution in [0, 0.1) is 0 Å². The average molecular weight is 249 g/mol. The molecule has 0 unspecified atom stereocenters. The number of nitrogen functional groups attached to an aromatic ring is 1. The van der Waals surface area contributed by atoms with Gasteiger partial charge >= 0.3 is 0 Å². The molecular weight excluding hydrogens is 234 g/mol. The van der Waals surface area contributed by atoms with Crippen LogP contribution < -0.4 is 15.2 Å². The van der Waals surface area contributed by atoms with Crippen molar-refractivity contribution in [3.05, 3.63) is 18.7 Å². The zero-order valence-corrected chi connectivity index (χ0v) is 10.3. The van der Waals surface area contributed by atoms with Gasteiger partial charge in [-0.1, -0.05) is 0 Å². The summed E-state index contributed by atoms with van der Waals surface area (Å²) in [4.78, 5) is 7.91. The van der Waals surface area contributed by atoms with Gasteiger partial charge in [0.15, 0.2) is 11.4 Å². The molecule has 18 heavy (non-hydrogen) atoms. The van der Waals surface area contributed by atoms with E-state index >= 15 is 0 Å². The normalized spacial score (nSPS) is 10.3. The lowest BCUT2D eigenvalue weighted by atomic mass is 10.5. The van der Waals surface area contributed by atoms with Crippen molar-refractivity contribution in [1.82, 2.24) is 19.7 Å². The highest BCUT2D eigenvalue weighted by molar-refractivity contribution is 5.56. The first-order valence-corrected chi connectivity index (χ1v) is 5.68. The number of nitrogens with zero attached hydrogens (tertiary/aromatic N) is 4. The van der Waals surface area contributed by atoms with Gasteiger partial charge in [0.2, 0.25) is 11.8 Å². The minimum absolute atomic E-state index is 0.268. The number of rotatable bonds is 5. The summed E-state index contributed by atoms with van der Waals surface area (Å²) in [6.07, 6.45) is 4.72. The second-order valence-corrected chi connectivity index (χ2v) is 3.46. The molecule has 0 aliphatic heterocycles. The molecule has 2 aromatic heterocycles. The summed E-state index contributed by atoms with van der Waals surface area (Å²) in [6.45, 7) is 5.09. The van der Waals surface area contributed by atoms with Crippen LogP contribution in [0.15, 0.2) is 18.7 Å². The van der Waals surface area contributed by atoms with Crippen molar-refractivity contribution in [2.24, 2.45) is 0 Å². The van der Waals surface area contributed by atoms with Gasteiger partial charge in [-0.15, -0.1) is 0 Å². The molecule has 0 spiro atoms. The van der Waals surface area contributed by atoms with Crippen LogP contribution in [0.25, 0.3) is 0 Å². The molecule has 0 atom stereocenters. The highest BCUT2D eigenvalue weighted by atomic mass is 16.5. The Morgan fingerprint density at radius 3 is 2.72 bits per heavy atom. The SMILES string of the molecule is CCOc1ncnc(Oc2cnn(CC)c2)c1N. The van der Waals surface area contributed by atoms with E-state index in [0.29, 0.717) is 18.2 Å². The summed E-state index contributed by atoms with van der Waals surface area (Å²) in [6, 6.07) is 0. The fraction of sp³-hybridized carbons (Fsp3) is 0.364. The minimum atomic E-state index is 0.268. The van der Waals surface area contributed by atoms with Crippen LogP contribution in [0.2, 0.25) is 0 Å². The Kier molecular flexibility index (Phi) is 3.61. The van der Waals surface area contributed by atoms with Crippen LogP contribution in [-0.2, 0) is 6.54 Å². The molecule has 0 radical (unpaired) electrons. The molecule has 2 heterocycles. The largest absolute Gasteiger partial charge is 0.476 e. The molecule has 0 aromatic carbocycles. The summed E-state index contributed by atoms with van der Waals surface area (Å²) in [7, 11) is 0. The van der Waals surface area contributed by atoms with E-state index in [2.05, 4.69) is 15.1 Å². The van der Waals surface area contributed by atoms with Crippen molar-refractivity contribution >= 4 is 5.69 Å². The molecule has 7 nitrogen and oxygen atoms in total. The molecule has 0 saturated heterocycles. The first kappa shape index (κ1) is 12.2. The maximum Gasteiger partial charge on any atom is 0.250 e. The third-order valence-electron chi connectivity index (χ3n) is 2.24. The number of ether oxygens (including phenoxy) is 2. The first-order valence-electron chi connectivity index (χ1n) is 5.68. The van der Waals surface area contributed by atoms with Crippen LogP contribution in [0.1, 0.15) is 13.8 Å². The third kappa shape index (κ3) is 2.50. The van der Waals surface area contributed by atoms with E-state index in [1.54, 1.807) is 17.1 Å². The fourth-order valence-electron chi connectivity index (χ4n) is 1.38. The summed E-state index contributed by atoms with van der Waals surface area (Å²) in [5.41, 5.74) is 6.14. The Bertz CT molecular complexity index is 526. The van der Waals surface area contributed by atoms with Gasteiger partial charge in [0.1, 0.15) is 6.33 Å². The Labute approximate surface area is 105 Å². The molecule has 7 heteroatoms. The Morgan fingerprint density at radius 2 is 2.06 bits per heavy atom. The minimum Gasteiger partial charge on any atom is -0.476 e. The van der Waals surface area contributed by atoms with Gasteiger partial charge in [-0.25, -0.2) is 0 Å². The summed E-state index contributed by atoms with van der Waals surface area (Å²) in [5.74, 6) is 1.17. The summed E-state index contributed by atoms with van der Waals surface area (Å²) >= 11 is 0. The number of aryl methyl sites for hydroxylation is 1. The van der Waals surface area contributed by atoms with Gasteiger partial charge in [0.05, 0.1) is 19.0 Å². The molecule has 96 valence electrons. The molecule has 0 bridgehead atoms. The van der Waals surface area contributed by atoms with Gasteiger partial charge in [-0.05, 0) is 13.8 Å². The second-order valence-electron chi connectivity index (χ2n) is 3.46. The van der Waals surface area contributed by atoms with Crippen LogP contribution in [0.3, 0.4) is 0 Å². The van der Waals surface area contributed by atoms with Gasteiger partial charge < -0.3 is 15.2 Å². The number of anilines is 1. The van der Waals surface area contributed by atoms with E-state index in [1.807, 2.05) is 13.8 Å². The molecule has 2 N–H and O–H groups in total. The molecule has 0 aliphatic rings. The summed E-state index contributed by atoms with van der Waals surface area (Å²) < 4.78 is 12.5. The fourth-order valence-corrected chi connectivity index (χ4v) is 1.38. The van der Waals surface area contributed by atoms with Gasteiger partial charge in [-0.2, -0.15) is 15.1 Å². The molecule has 2 aromatic rings. The van der Waals surface area contributed by atoms with E-state index in [4.69, 9.17) is 15.2 Å². The lowest BCUT2D eigenvalue weighted by molar-refractivity contribution is 0.325. The third-order valence-corrected chi connectivity index (χ3v) is 2.24. The van der Waals surface area contributed by atoms with Crippen molar-refractivity contribution in [1.29, 1.82) is 0 Å². The predicted molar refractivity (Wildman–Crippen MR) is 65.6 cm³/mol. The quantitative estimate of drug-likeness (QED) is 0.863. The van der Waals surface area contributed by atoms with Crippen LogP contribution in [-0.4, -0.2) is 26.4 Å². The zero-order valence-electron chi connectivity index (χ0n) is 10.3. The maximum atomic E-state index is 5.85. The molecule has 0 amide bonds. The molecular formula is C11H15N5O2. The van der Waals surface area contributed by atoms with Gasteiger partial charge in [-0.3, -0.25) is 4.68 Å². The number of aromatic nitrogens is 4. The summed E-state index contributed by atoms with van der Waals surface area (Å²) in [5, 5.41) is 4.10. The predicted octanol–water partition coefficient (Wildman–Crippen LogP) is 1.47. The smallest absolute Gasteiger partial charge is 0.250 e. The Balaban J connectivity index is 2.20. The number of nitrogens with two attached hydrogens (primary N) is 1. The van der Waals surface area contributed by atoms with E-state index < -0.39 is 0 Å². The van der Waals surface area contributed by atoms with Crippen molar-refractivity contribution in [3.8, 4) is 17.5 Å². The Morgan fingerprint density at radius 1 is 1.28 bits per heavy atom. The topological polar surface area (TPSA) is 88.1 Å². The highest BCUT2D eigenvalue weighted by Gasteiger charge is 2.11. The van der Waals surface area contributed by atoms with Crippen LogP contribution in [0.5, 0.6) is 17.5 Å². The zero-order chi connectivity index (χ0) is 13.0. The van der Waals surface area contributed by atoms with E-state index in [0.717, 1.165) is 6.54 Å². The van der Waals surface area contributed by atoms with Gasteiger partial charge in [0.25, 0.3) is 0 Å². The second kappa shape index (κ2) is 5.35. The average Bonchev–Trinajstić information content (AvgIpc) is 2.82. The van der Waals surface area contributed by atoms with Crippen LogP contribution in [0.4, 0.5) is 5.69 Å². The number of hydrogen-bond acceptors (Lipinski definition) is 6. The lowest BCUT2D eigenvalue weighted by Crippen LogP contribution is -2.02. The standard InChI is InChI=1S/C11H15N5O2/c1-3-16-6-8(5-15-16)18-11-9(12)10(17-4-2)13-7-14-11/h5-7H,3-4,12H2,1-2H3. The lowest BCUT2D eigenvalue weighted by Gasteiger charge is -2.08. The van der Waals surface area contributed by atoms with Gasteiger partial charge in [0, 0.05) is 6.54 Å². The van der Waals surface area contributed by atoms with E-state index in [1.165, 1.54) is 6.33 Å². The van der Waals surface area contributed by atoms with E-state index in [9.17, 15) is 0 Å². The van der Waals surface area contributed by atoms with E-state index in [-0.39, 0.29) is 11.6 Å². The highest BCUT2D eigenvalue weighted by Crippen LogP contribution is 2.30. The Hall–Kier alpha value is -2.31. The molecule has 0 aliphatic carbocycles. The molecule has 0 saturated carbocycles. The number of hydrogen-bond donors (Lipinski definition) is 1.